The molecule has 3 unspecified atom stereocenters. The zero-order valence-electron chi connectivity index (χ0n) is 22.0. The Morgan fingerprint density at radius 2 is 1.46 bits per heavy atom. The summed E-state index contributed by atoms with van der Waals surface area (Å²) in [6.07, 6.45) is 4.69. The highest BCUT2D eigenvalue weighted by molar-refractivity contribution is 5.87. The Balaban J connectivity index is 2.42. The number of unbranched alkanes of at least 4 members (excludes halogenated alkanes) is 1. The highest BCUT2D eigenvalue weighted by Gasteiger charge is 2.20. The second kappa shape index (κ2) is 20.5. The average molecular weight is 499 g/mol. The molecule has 3 atom stereocenters. The lowest BCUT2D eigenvalue weighted by Gasteiger charge is -2.26. The summed E-state index contributed by atoms with van der Waals surface area (Å²) in [6.45, 7) is 12.9. The van der Waals surface area contributed by atoms with Crippen LogP contribution in [0.25, 0.3) is 0 Å². The molecule has 0 heterocycles. The Hall–Kier alpha value is -1.71. The van der Waals surface area contributed by atoms with Crippen molar-refractivity contribution in [3.05, 3.63) is 29.8 Å². The van der Waals surface area contributed by atoms with Crippen LogP contribution in [0.15, 0.2) is 24.3 Å². The molecular weight excluding hydrogens is 452 g/mol. The maximum atomic E-state index is 10.9. The molecule has 0 radical (unpaired) electrons. The Labute approximate surface area is 211 Å². The standard InChI is InChI=1S/C27H46O8/c1-5-8-13-31-15-16-32-22(4)20-26(35-17-14-30-7-3)21-24(6-2)33-18-19-34-25-11-9-23(10-12-25)27(28)29/h9-12,22,24,26H,5-8,13-21H2,1-4H3,(H,28,29). The topological polar surface area (TPSA) is 92.7 Å². The van der Waals surface area contributed by atoms with E-state index >= 15 is 0 Å². The zero-order chi connectivity index (χ0) is 25.7. The molecule has 35 heavy (non-hydrogen) atoms. The minimum absolute atomic E-state index is 0.000831. The molecule has 202 valence electrons. The van der Waals surface area contributed by atoms with E-state index in [1.807, 2.05) is 6.92 Å². The molecule has 1 rings (SSSR count). The molecule has 0 saturated heterocycles. The third-order valence-electron chi connectivity index (χ3n) is 5.44. The number of aromatic carboxylic acids is 1. The number of ether oxygens (including phenoxy) is 6. The normalized spacial score (nSPS) is 13.9. The molecule has 0 aliphatic rings. The second-order valence-corrected chi connectivity index (χ2v) is 8.39. The first-order chi connectivity index (χ1) is 17.0. The van der Waals surface area contributed by atoms with Gasteiger partial charge in [-0.1, -0.05) is 20.3 Å². The molecule has 1 N–H and O–H groups in total. The average Bonchev–Trinajstić information content (AvgIpc) is 2.85. The molecule has 0 fully saturated rings. The largest absolute Gasteiger partial charge is 0.491 e. The Morgan fingerprint density at radius 3 is 2.11 bits per heavy atom. The van der Waals surface area contributed by atoms with Crippen molar-refractivity contribution in [2.45, 2.75) is 78.1 Å². The van der Waals surface area contributed by atoms with E-state index in [4.69, 9.17) is 33.5 Å². The van der Waals surface area contributed by atoms with Crippen molar-refractivity contribution in [3.63, 3.8) is 0 Å². The summed E-state index contributed by atoms with van der Waals surface area (Å²) in [4.78, 5) is 10.9. The summed E-state index contributed by atoms with van der Waals surface area (Å²) in [5.74, 6) is -0.336. The first kappa shape index (κ1) is 31.3. The van der Waals surface area contributed by atoms with Crippen LogP contribution in [0.4, 0.5) is 0 Å². The molecule has 0 amide bonds. The van der Waals surface area contributed by atoms with Crippen LogP contribution in [0.1, 0.15) is 70.2 Å². The van der Waals surface area contributed by atoms with Gasteiger partial charge in [-0.2, -0.15) is 0 Å². The predicted octanol–water partition coefficient (Wildman–Crippen LogP) is 4.98. The van der Waals surface area contributed by atoms with E-state index in [-0.39, 0.29) is 23.9 Å². The Bertz CT molecular complexity index is 637. The number of carboxylic acids is 1. The predicted molar refractivity (Wildman–Crippen MR) is 136 cm³/mol. The summed E-state index contributed by atoms with van der Waals surface area (Å²) < 4.78 is 34.8. The van der Waals surface area contributed by atoms with Crippen molar-refractivity contribution >= 4 is 5.97 Å². The van der Waals surface area contributed by atoms with Gasteiger partial charge in [0.1, 0.15) is 12.4 Å². The van der Waals surface area contributed by atoms with E-state index in [0.29, 0.717) is 52.0 Å². The molecule has 8 heteroatoms. The van der Waals surface area contributed by atoms with Gasteiger partial charge in [0.25, 0.3) is 0 Å². The number of carboxylic acid groups (broad SMARTS) is 1. The van der Waals surface area contributed by atoms with Gasteiger partial charge >= 0.3 is 5.97 Å². The number of benzene rings is 1. The van der Waals surface area contributed by atoms with Gasteiger partial charge in [-0.05, 0) is 63.8 Å². The molecule has 0 aliphatic carbocycles. The van der Waals surface area contributed by atoms with E-state index in [1.165, 1.54) is 12.1 Å². The minimum atomic E-state index is -0.955. The van der Waals surface area contributed by atoms with Crippen molar-refractivity contribution < 1.29 is 38.3 Å². The van der Waals surface area contributed by atoms with Crippen LogP contribution in [0.2, 0.25) is 0 Å². The summed E-state index contributed by atoms with van der Waals surface area (Å²) in [5, 5.41) is 8.98. The van der Waals surface area contributed by atoms with Crippen molar-refractivity contribution in [3.8, 4) is 5.75 Å². The van der Waals surface area contributed by atoms with Crippen LogP contribution in [0.5, 0.6) is 5.75 Å². The smallest absolute Gasteiger partial charge is 0.335 e. The van der Waals surface area contributed by atoms with Crippen molar-refractivity contribution in [2.75, 3.05) is 52.9 Å². The SMILES string of the molecule is CCCCOCCOC(C)CC(CC(CC)OCCOc1ccc(C(=O)O)cc1)OCCOCC. The van der Waals surface area contributed by atoms with Gasteiger partial charge < -0.3 is 33.5 Å². The van der Waals surface area contributed by atoms with Crippen LogP contribution in [0.3, 0.4) is 0 Å². The lowest BCUT2D eigenvalue weighted by Crippen LogP contribution is -2.29. The maximum absolute atomic E-state index is 10.9. The van der Waals surface area contributed by atoms with Crippen molar-refractivity contribution in [2.24, 2.45) is 0 Å². The molecule has 0 aliphatic heterocycles. The van der Waals surface area contributed by atoms with Gasteiger partial charge in [-0.15, -0.1) is 0 Å². The van der Waals surface area contributed by atoms with Crippen LogP contribution in [0, 0.1) is 0 Å². The first-order valence-electron chi connectivity index (χ1n) is 13.0. The quantitative estimate of drug-likeness (QED) is 0.211. The van der Waals surface area contributed by atoms with Crippen molar-refractivity contribution in [1.82, 2.24) is 0 Å². The number of rotatable bonds is 23. The fraction of sp³-hybridized carbons (Fsp3) is 0.741. The zero-order valence-corrected chi connectivity index (χ0v) is 22.0. The molecule has 1 aromatic rings. The van der Waals surface area contributed by atoms with Gasteiger partial charge in [0, 0.05) is 13.2 Å². The lowest BCUT2D eigenvalue weighted by atomic mass is 10.0. The first-order valence-corrected chi connectivity index (χ1v) is 13.0. The van der Waals surface area contributed by atoms with Crippen LogP contribution >= 0.6 is 0 Å². The summed E-state index contributed by atoms with van der Waals surface area (Å²) in [7, 11) is 0. The molecule has 0 saturated carbocycles. The van der Waals surface area contributed by atoms with E-state index in [0.717, 1.165) is 38.7 Å². The fourth-order valence-corrected chi connectivity index (χ4v) is 3.46. The van der Waals surface area contributed by atoms with Gasteiger partial charge in [0.15, 0.2) is 0 Å². The Kier molecular flexibility index (Phi) is 18.3. The fourth-order valence-electron chi connectivity index (χ4n) is 3.46. The third kappa shape index (κ3) is 15.8. The number of hydrogen-bond acceptors (Lipinski definition) is 7. The van der Waals surface area contributed by atoms with Gasteiger partial charge in [0.2, 0.25) is 0 Å². The third-order valence-corrected chi connectivity index (χ3v) is 5.44. The van der Waals surface area contributed by atoms with Gasteiger partial charge in [0.05, 0.1) is 56.9 Å². The molecule has 8 nitrogen and oxygen atoms in total. The molecule has 1 aromatic carbocycles. The Morgan fingerprint density at radius 1 is 0.800 bits per heavy atom. The van der Waals surface area contributed by atoms with Crippen molar-refractivity contribution in [1.29, 1.82) is 0 Å². The minimum Gasteiger partial charge on any atom is -0.491 e. The van der Waals surface area contributed by atoms with E-state index in [2.05, 4.69) is 20.8 Å². The second-order valence-electron chi connectivity index (χ2n) is 8.39. The summed E-state index contributed by atoms with van der Waals surface area (Å²) in [6, 6.07) is 6.36. The van der Waals surface area contributed by atoms with E-state index in [9.17, 15) is 4.79 Å². The molecule has 0 bridgehead atoms. The van der Waals surface area contributed by atoms with E-state index in [1.54, 1.807) is 12.1 Å². The van der Waals surface area contributed by atoms with Crippen LogP contribution < -0.4 is 4.74 Å². The lowest BCUT2D eigenvalue weighted by molar-refractivity contribution is -0.0653. The monoisotopic (exact) mass is 498 g/mol. The van der Waals surface area contributed by atoms with Crippen LogP contribution in [-0.2, 0) is 23.7 Å². The molecular formula is C27H46O8. The summed E-state index contributed by atoms with van der Waals surface area (Å²) >= 11 is 0. The molecule has 0 aromatic heterocycles. The number of carbonyl (C=O) groups is 1. The van der Waals surface area contributed by atoms with E-state index < -0.39 is 5.97 Å². The molecule has 0 spiro atoms. The maximum Gasteiger partial charge on any atom is 0.335 e. The van der Waals surface area contributed by atoms with Crippen LogP contribution in [-0.4, -0.2) is 82.2 Å². The van der Waals surface area contributed by atoms with Gasteiger partial charge in [-0.25, -0.2) is 4.79 Å². The highest BCUT2D eigenvalue weighted by atomic mass is 16.5. The van der Waals surface area contributed by atoms with Gasteiger partial charge in [-0.3, -0.25) is 0 Å². The highest BCUT2D eigenvalue weighted by Crippen LogP contribution is 2.17. The number of hydrogen-bond donors (Lipinski definition) is 1. The summed E-state index contributed by atoms with van der Waals surface area (Å²) in [5.41, 5.74) is 0.234.